The van der Waals surface area contributed by atoms with Crippen LogP contribution in [0.1, 0.15) is 0 Å². The highest BCUT2D eigenvalue weighted by Crippen LogP contribution is 2.44. The number of aromatic nitrogens is 1. The van der Waals surface area contributed by atoms with Crippen LogP contribution in [-0.2, 0) is 10.5 Å². The van der Waals surface area contributed by atoms with Crippen LogP contribution in [0.4, 0.5) is 0 Å². The molecule has 0 radical (unpaired) electrons. The standard InChI is InChI=1S/C14H16BrNO7/c15-13(6-17)12(21)14(22,10(19)11(20)23-13)16-5-9(18)7-3-1-2-4-8(7)16/h1-5,10-12,17-22H,6H2/t10-,11-,12-,13+,14+/m0/s1. The number of nitrogens with zero attached hydrogens (tertiary/aromatic N) is 1. The summed E-state index contributed by atoms with van der Waals surface area (Å²) in [6.45, 7) is -0.786. The quantitative estimate of drug-likeness (QED) is 0.368. The summed E-state index contributed by atoms with van der Waals surface area (Å²) in [5.41, 5.74) is -2.16. The molecule has 8 nitrogen and oxygen atoms in total. The van der Waals surface area contributed by atoms with Crippen LogP contribution in [0.3, 0.4) is 0 Å². The maximum Gasteiger partial charge on any atom is 0.203 e. The SMILES string of the molecule is OC[C@@]1(Br)O[C@H](O)[C@H](O)[C@](O)(n2cc(O)c3ccccc32)[C@H]1O. The predicted molar refractivity (Wildman–Crippen MR) is 81.6 cm³/mol. The van der Waals surface area contributed by atoms with Gasteiger partial charge in [0.2, 0.25) is 5.72 Å². The van der Waals surface area contributed by atoms with E-state index >= 15 is 0 Å². The molecule has 1 fully saturated rings. The number of aromatic hydroxyl groups is 1. The maximum absolute atomic E-state index is 11.0. The van der Waals surface area contributed by atoms with Crippen molar-refractivity contribution in [2.45, 2.75) is 28.7 Å². The van der Waals surface area contributed by atoms with Crippen LogP contribution < -0.4 is 0 Å². The fraction of sp³-hybridized carbons (Fsp3) is 0.429. The van der Waals surface area contributed by atoms with Crippen LogP contribution >= 0.6 is 15.9 Å². The summed E-state index contributed by atoms with van der Waals surface area (Å²) in [4.78, 5) is 0. The highest BCUT2D eigenvalue weighted by atomic mass is 79.9. The number of para-hydroxylation sites is 1. The minimum atomic E-state index is -2.47. The highest BCUT2D eigenvalue weighted by Gasteiger charge is 2.62. The van der Waals surface area contributed by atoms with Crippen molar-refractivity contribution in [3.05, 3.63) is 30.5 Å². The minimum Gasteiger partial charge on any atom is -0.506 e. The summed E-state index contributed by atoms with van der Waals surface area (Å²) in [5, 5.41) is 61.4. The zero-order chi connectivity index (χ0) is 17.0. The molecule has 1 aliphatic rings. The third-order valence-corrected chi connectivity index (χ3v) is 5.00. The van der Waals surface area contributed by atoms with Crippen molar-refractivity contribution in [1.29, 1.82) is 0 Å². The van der Waals surface area contributed by atoms with Gasteiger partial charge in [-0.05, 0) is 28.1 Å². The Bertz CT molecular complexity index is 737. The lowest BCUT2D eigenvalue weighted by molar-refractivity contribution is -0.354. The van der Waals surface area contributed by atoms with Crippen molar-refractivity contribution < 1.29 is 35.4 Å². The number of ether oxygens (including phenoxy) is 1. The van der Waals surface area contributed by atoms with Gasteiger partial charge in [-0.3, -0.25) is 0 Å². The summed E-state index contributed by atoms with van der Waals surface area (Å²) in [5.74, 6) is -0.182. The molecule has 0 aliphatic carbocycles. The zero-order valence-electron chi connectivity index (χ0n) is 11.7. The van der Waals surface area contributed by atoms with Gasteiger partial charge < -0.3 is 39.9 Å². The molecule has 1 saturated heterocycles. The van der Waals surface area contributed by atoms with Crippen LogP contribution in [0.15, 0.2) is 30.5 Å². The number of hydrogen-bond donors (Lipinski definition) is 6. The summed E-state index contributed by atoms with van der Waals surface area (Å²) >= 11 is 2.94. The molecule has 3 rings (SSSR count). The van der Waals surface area contributed by atoms with Crippen LogP contribution in [-0.4, -0.2) is 64.8 Å². The van der Waals surface area contributed by atoms with Crippen LogP contribution in [0.2, 0.25) is 0 Å². The molecule has 23 heavy (non-hydrogen) atoms. The second-order valence-electron chi connectivity index (χ2n) is 5.48. The fourth-order valence-corrected chi connectivity index (χ4v) is 3.40. The van der Waals surface area contributed by atoms with Gasteiger partial charge in [-0.25, -0.2) is 0 Å². The van der Waals surface area contributed by atoms with E-state index in [1.807, 2.05) is 0 Å². The number of alkyl halides is 1. The van der Waals surface area contributed by atoms with Gasteiger partial charge in [-0.1, -0.05) is 12.1 Å². The molecule has 0 spiro atoms. The largest absolute Gasteiger partial charge is 0.506 e. The first kappa shape index (κ1) is 16.7. The lowest BCUT2D eigenvalue weighted by atomic mass is 9.91. The average molecular weight is 390 g/mol. The minimum absolute atomic E-state index is 0.182. The number of rotatable bonds is 2. The molecule has 9 heteroatoms. The van der Waals surface area contributed by atoms with E-state index in [2.05, 4.69) is 15.9 Å². The summed E-state index contributed by atoms with van der Waals surface area (Å²) in [6, 6.07) is 6.46. The molecular weight excluding hydrogens is 374 g/mol. The van der Waals surface area contributed by atoms with Gasteiger partial charge in [-0.15, -0.1) is 0 Å². The second kappa shape index (κ2) is 5.42. The van der Waals surface area contributed by atoms with E-state index in [4.69, 9.17) is 4.74 Å². The Kier molecular flexibility index (Phi) is 3.92. The molecule has 0 saturated carbocycles. The normalized spacial score (nSPS) is 38.1. The maximum atomic E-state index is 11.0. The number of halogens is 1. The van der Waals surface area contributed by atoms with Gasteiger partial charge >= 0.3 is 0 Å². The van der Waals surface area contributed by atoms with Crippen molar-refractivity contribution in [2.24, 2.45) is 0 Å². The number of benzene rings is 1. The van der Waals surface area contributed by atoms with Crippen molar-refractivity contribution in [2.75, 3.05) is 6.61 Å². The van der Waals surface area contributed by atoms with Gasteiger partial charge in [0.1, 0.15) is 11.9 Å². The van der Waals surface area contributed by atoms with E-state index in [0.717, 1.165) is 10.8 Å². The molecule has 0 amide bonds. The van der Waals surface area contributed by atoms with E-state index < -0.39 is 35.3 Å². The summed E-state index contributed by atoms with van der Waals surface area (Å²) < 4.78 is 4.11. The lowest BCUT2D eigenvalue weighted by Crippen LogP contribution is -2.70. The summed E-state index contributed by atoms with van der Waals surface area (Å²) in [7, 11) is 0. The van der Waals surface area contributed by atoms with E-state index in [1.54, 1.807) is 24.3 Å². The molecule has 1 aromatic heterocycles. The van der Waals surface area contributed by atoms with E-state index in [1.165, 1.54) is 0 Å². The third kappa shape index (κ3) is 2.20. The number of hydrogen-bond acceptors (Lipinski definition) is 7. The first-order chi connectivity index (χ1) is 10.8. The molecule has 6 N–H and O–H groups in total. The Balaban J connectivity index is 2.24. The van der Waals surface area contributed by atoms with E-state index in [0.29, 0.717) is 10.9 Å². The first-order valence-corrected chi connectivity index (χ1v) is 7.58. The smallest absolute Gasteiger partial charge is 0.203 e. The second-order valence-corrected chi connectivity index (χ2v) is 6.83. The Labute approximate surface area is 138 Å². The Hall–Kier alpha value is -1.20. The van der Waals surface area contributed by atoms with E-state index in [-0.39, 0.29) is 5.75 Å². The fourth-order valence-electron chi connectivity index (χ4n) is 2.87. The Morgan fingerprint density at radius 3 is 2.52 bits per heavy atom. The Morgan fingerprint density at radius 2 is 1.87 bits per heavy atom. The van der Waals surface area contributed by atoms with Crippen molar-refractivity contribution in [3.63, 3.8) is 0 Å². The highest BCUT2D eigenvalue weighted by molar-refractivity contribution is 9.10. The van der Waals surface area contributed by atoms with Gasteiger partial charge in [0.15, 0.2) is 16.9 Å². The average Bonchev–Trinajstić information content (AvgIpc) is 2.89. The molecule has 5 atom stereocenters. The molecule has 1 aromatic carbocycles. The molecular formula is C14H16BrNO7. The van der Waals surface area contributed by atoms with Crippen LogP contribution in [0.25, 0.3) is 10.9 Å². The van der Waals surface area contributed by atoms with Crippen molar-refractivity contribution in [3.8, 4) is 5.75 Å². The van der Waals surface area contributed by atoms with Gasteiger partial charge in [0.25, 0.3) is 0 Å². The zero-order valence-corrected chi connectivity index (χ0v) is 13.3. The van der Waals surface area contributed by atoms with Crippen LogP contribution in [0, 0.1) is 0 Å². The molecule has 1 aliphatic heterocycles. The molecule has 0 unspecified atom stereocenters. The molecule has 0 bridgehead atoms. The van der Waals surface area contributed by atoms with E-state index in [9.17, 15) is 30.6 Å². The first-order valence-electron chi connectivity index (χ1n) is 6.79. The summed E-state index contributed by atoms with van der Waals surface area (Å²) in [6.07, 6.45) is -4.57. The van der Waals surface area contributed by atoms with Crippen molar-refractivity contribution >= 4 is 26.8 Å². The van der Waals surface area contributed by atoms with Crippen LogP contribution in [0.5, 0.6) is 5.75 Å². The lowest BCUT2D eigenvalue weighted by Gasteiger charge is -2.50. The van der Waals surface area contributed by atoms with Gasteiger partial charge in [0, 0.05) is 11.6 Å². The van der Waals surface area contributed by atoms with Gasteiger partial charge in [-0.2, -0.15) is 0 Å². The van der Waals surface area contributed by atoms with Gasteiger partial charge in [0.05, 0.1) is 12.1 Å². The molecule has 126 valence electrons. The number of aliphatic hydroxyl groups excluding tert-OH is 4. The topological polar surface area (TPSA) is 136 Å². The Morgan fingerprint density at radius 1 is 1.22 bits per heavy atom. The third-order valence-electron chi connectivity index (χ3n) is 4.13. The molecule has 2 aromatic rings. The monoisotopic (exact) mass is 389 g/mol. The molecule has 2 heterocycles. The number of fused-ring (bicyclic) bond motifs is 1. The predicted octanol–water partition coefficient (Wildman–Crippen LogP) is -0.854. The number of aliphatic hydroxyl groups is 5. The van der Waals surface area contributed by atoms with Crippen molar-refractivity contribution in [1.82, 2.24) is 4.57 Å².